The van der Waals surface area contributed by atoms with Crippen LogP contribution >= 0.6 is 11.3 Å². The number of carbonyl (C=O) groups is 1. The van der Waals surface area contributed by atoms with Crippen molar-refractivity contribution in [2.45, 2.75) is 31.7 Å². The maximum absolute atomic E-state index is 12.7. The molecule has 6 nitrogen and oxygen atoms in total. The van der Waals surface area contributed by atoms with Gasteiger partial charge >= 0.3 is 0 Å². The standard InChI is InChI=1S/C28H31N5OS/c1-33(2)26-22-10-6-7-11-23(22)31-28(32-26)30-21-14-12-19(13-15-21)18-29-27(34)25-17-16-24(35-25)20-8-4-3-5-9-20/h3-11,16-17,19,21H,12-15,18H2,1-2H3,(H,29,34)(H,30,31,32)/t19-,21+. The van der Waals surface area contributed by atoms with Crippen molar-refractivity contribution < 1.29 is 4.79 Å². The third-order valence-electron chi connectivity index (χ3n) is 6.63. The Morgan fingerprint density at radius 2 is 1.69 bits per heavy atom. The summed E-state index contributed by atoms with van der Waals surface area (Å²) in [5.41, 5.74) is 2.10. The molecule has 1 aliphatic carbocycles. The lowest BCUT2D eigenvalue weighted by atomic mass is 9.86. The number of para-hydroxylation sites is 1. The molecule has 1 aliphatic rings. The van der Waals surface area contributed by atoms with E-state index in [1.54, 1.807) is 11.3 Å². The quantitative estimate of drug-likeness (QED) is 0.345. The van der Waals surface area contributed by atoms with Gasteiger partial charge in [0.2, 0.25) is 5.95 Å². The molecule has 2 N–H and O–H groups in total. The van der Waals surface area contributed by atoms with Crippen molar-refractivity contribution in [3.8, 4) is 10.4 Å². The van der Waals surface area contributed by atoms with Crippen molar-refractivity contribution >= 4 is 39.9 Å². The van der Waals surface area contributed by atoms with Crippen LogP contribution in [-0.2, 0) is 0 Å². The molecule has 4 aromatic rings. The minimum absolute atomic E-state index is 0.0261. The van der Waals surface area contributed by atoms with Crippen LogP contribution in [0.2, 0.25) is 0 Å². The van der Waals surface area contributed by atoms with E-state index in [1.807, 2.05) is 67.5 Å². The van der Waals surface area contributed by atoms with Crippen LogP contribution in [0.1, 0.15) is 35.4 Å². The zero-order valence-electron chi connectivity index (χ0n) is 20.2. The Hall–Kier alpha value is -3.45. The van der Waals surface area contributed by atoms with E-state index in [1.165, 1.54) is 0 Å². The average molecular weight is 486 g/mol. The Morgan fingerprint density at radius 3 is 2.46 bits per heavy atom. The van der Waals surface area contributed by atoms with Crippen molar-refractivity contribution in [1.82, 2.24) is 15.3 Å². The molecule has 35 heavy (non-hydrogen) atoms. The number of rotatable bonds is 7. The number of benzene rings is 2. The summed E-state index contributed by atoms with van der Waals surface area (Å²) >= 11 is 1.55. The van der Waals surface area contributed by atoms with E-state index in [0.717, 1.165) is 64.3 Å². The van der Waals surface area contributed by atoms with Crippen LogP contribution in [-0.4, -0.2) is 42.6 Å². The first-order chi connectivity index (χ1) is 17.1. The topological polar surface area (TPSA) is 70.2 Å². The summed E-state index contributed by atoms with van der Waals surface area (Å²) in [6, 6.07) is 22.6. The highest BCUT2D eigenvalue weighted by Gasteiger charge is 2.23. The van der Waals surface area contributed by atoms with Gasteiger partial charge in [-0.2, -0.15) is 4.98 Å². The van der Waals surface area contributed by atoms with Gasteiger partial charge in [0.05, 0.1) is 10.4 Å². The fraction of sp³-hybridized carbons (Fsp3) is 0.321. The molecule has 2 aromatic heterocycles. The molecule has 180 valence electrons. The molecule has 7 heteroatoms. The summed E-state index contributed by atoms with van der Waals surface area (Å²) in [5.74, 6) is 2.15. The molecule has 0 spiro atoms. The second-order valence-electron chi connectivity index (χ2n) is 9.38. The van der Waals surface area contributed by atoms with Gasteiger partial charge in [-0.1, -0.05) is 42.5 Å². The minimum Gasteiger partial charge on any atom is -0.362 e. The third kappa shape index (κ3) is 5.46. The predicted molar refractivity (Wildman–Crippen MR) is 145 cm³/mol. The fourth-order valence-electron chi connectivity index (χ4n) is 4.70. The Kier molecular flexibility index (Phi) is 6.95. The minimum atomic E-state index is 0.0261. The lowest BCUT2D eigenvalue weighted by Crippen LogP contribution is -2.34. The molecule has 1 amide bonds. The van der Waals surface area contributed by atoms with Crippen LogP contribution in [0.15, 0.2) is 66.7 Å². The average Bonchev–Trinajstić information content (AvgIpc) is 3.39. The van der Waals surface area contributed by atoms with Gasteiger partial charge in [0, 0.05) is 36.9 Å². The summed E-state index contributed by atoms with van der Waals surface area (Å²) in [6.45, 7) is 0.724. The molecule has 1 saturated carbocycles. The monoisotopic (exact) mass is 485 g/mol. The second kappa shape index (κ2) is 10.4. The largest absolute Gasteiger partial charge is 0.362 e. The van der Waals surface area contributed by atoms with Gasteiger partial charge in [0.15, 0.2) is 0 Å². The highest BCUT2D eigenvalue weighted by molar-refractivity contribution is 7.17. The molecule has 0 radical (unpaired) electrons. The number of amides is 1. The van der Waals surface area contributed by atoms with Gasteiger partial charge in [-0.3, -0.25) is 4.79 Å². The molecule has 1 fully saturated rings. The highest BCUT2D eigenvalue weighted by atomic mass is 32.1. The maximum atomic E-state index is 12.7. The summed E-state index contributed by atoms with van der Waals surface area (Å²) in [6.07, 6.45) is 4.24. The van der Waals surface area contributed by atoms with Gasteiger partial charge in [0.1, 0.15) is 5.82 Å². The van der Waals surface area contributed by atoms with E-state index in [4.69, 9.17) is 9.97 Å². The molecular weight excluding hydrogens is 454 g/mol. The van der Waals surface area contributed by atoms with E-state index in [0.29, 0.717) is 17.9 Å². The van der Waals surface area contributed by atoms with Crippen molar-refractivity contribution in [3.63, 3.8) is 0 Å². The van der Waals surface area contributed by atoms with Crippen molar-refractivity contribution in [2.24, 2.45) is 5.92 Å². The van der Waals surface area contributed by atoms with Crippen molar-refractivity contribution in [3.05, 3.63) is 71.6 Å². The number of nitrogens with zero attached hydrogens (tertiary/aromatic N) is 3. The fourth-order valence-corrected chi connectivity index (χ4v) is 5.63. The maximum Gasteiger partial charge on any atom is 0.261 e. The number of anilines is 2. The Bertz CT molecular complexity index is 1300. The molecule has 2 aromatic carbocycles. The zero-order chi connectivity index (χ0) is 24.2. The number of nitrogens with one attached hydrogen (secondary N) is 2. The molecule has 0 bridgehead atoms. The van der Waals surface area contributed by atoms with Gasteiger partial charge in [-0.05, 0) is 61.4 Å². The molecule has 5 rings (SSSR count). The molecule has 0 atom stereocenters. The normalized spacial score (nSPS) is 17.8. The number of aromatic nitrogens is 2. The third-order valence-corrected chi connectivity index (χ3v) is 7.76. The van der Waals surface area contributed by atoms with E-state index in [-0.39, 0.29) is 5.91 Å². The number of fused-ring (bicyclic) bond motifs is 1. The summed E-state index contributed by atoms with van der Waals surface area (Å²) in [4.78, 5) is 26.1. The van der Waals surface area contributed by atoms with Crippen molar-refractivity contribution in [2.75, 3.05) is 30.9 Å². The highest BCUT2D eigenvalue weighted by Crippen LogP contribution is 2.30. The zero-order valence-corrected chi connectivity index (χ0v) is 21.0. The van der Waals surface area contributed by atoms with Gasteiger partial charge in [-0.25, -0.2) is 4.98 Å². The molecule has 0 unspecified atom stereocenters. The van der Waals surface area contributed by atoms with Crippen LogP contribution in [0.5, 0.6) is 0 Å². The number of hydrogen-bond donors (Lipinski definition) is 2. The van der Waals surface area contributed by atoms with E-state index in [2.05, 4.69) is 28.8 Å². The van der Waals surface area contributed by atoms with Crippen LogP contribution in [0.25, 0.3) is 21.3 Å². The number of hydrogen-bond acceptors (Lipinski definition) is 6. The lowest BCUT2D eigenvalue weighted by Gasteiger charge is -2.29. The van der Waals surface area contributed by atoms with E-state index < -0.39 is 0 Å². The first-order valence-corrected chi connectivity index (χ1v) is 13.0. The summed E-state index contributed by atoms with van der Waals surface area (Å²) < 4.78 is 0. The molecule has 2 heterocycles. The Balaban J connectivity index is 1.13. The Labute approximate surface area is 210 Å². The first kappa shape index (κ1) is 23.3. The molecular formula is C28H31N5OS. The SMILES string of the molecule is CN(C)c1nc(N[C@H]2CC[C@@H](CNC(=O)c3ccc(-c4ccccc4)s3)CC2)nc2ccccc12. The molecule has 0 saturated heterocycles. The van der Waals surface area contributed by atoms with Gasteiger partial charge in [-0.15, -0.1) is 11.3 Å². The van der Waals surface area contributed by atoms with Crippen molar-refractivity contribution in [1.29, 1.82) is 0 Å². The lowest BCUT2D eigenvalue weighted by molar-refractivity contribution is 0.0947. The first-order valence-electron chi connectivity index (χ1n) is 12.2. The predicted octanol–water partition coefficient (Wildman–Crippen LogP) is 5.83. The number of carbonyl (C=O) groups excluding carboxylic acids is 1. The van der Waals surface area contributed by atoms with Gasteiger partial charge < -0.3 is 15.5 Å². The van der Waals surface area contributed by atoms with Crippen LogP contribution < -0.4 is 15.5 Å². The van der Waals surface area contributed by atoms with E-state index in [9.17, 15) is 4.79 Å². The summed E-state index contributed by atoms with van der Waals surface area (Å²) in [5, 5.41) is 7.78. The summed E-state index contributed by atoms with van der Waals surface area (Å²) in [7, 11) is 4.02. The smallest absolute Gasteiger partial charge is 0.261 e. The van der Waals surface area contributed by atoms with E-state index >= 15 is 0 Å². The molecule has 0 aliphatic heterocycles. The van der Waals surface area contributed by atoms with Crippen LogP contribution in [0, 0.1) is 5.92 Å². The second-order valence-corrected chi connectivity index (χ2v) is 10.5. The Morgan fingerprint density at radius 1 is 0.943 bits per heavy atom. The van der Waals surface area contributed by atoms with Crippen LogP contribution in [0.3, 0.4) is 0 Å². The van der Waals surface area contributed by atoms with Crippen LogP contribution in [0.4, 0.5) is 11.8 Å². The van der Waals surface area contributed by atoms with Gasteiger partial charge in [0.25, 0.3) is 5.91 Å². The number of thiophene rings is 1.